The van der Waals surface area contributed by atoms with Crippen LogP contribution in [-0.2, 0) is 0 Å². The zero-order valence-electron chi connectivity index (χ0n) is 10.1. The maximum atomic E-state index is 13.1. The van der Waals surface area contributed by atoms with Gasteiger partial charge in [0.2, 0.25) is 0 Å². The third-order valence-electron chi connectivity index (χ3n) is 2.75. The second kappa shape index (κ2) is 5.30. The molecule has 0 aliphatic heterocycles. The highest BCUT2D eigenvalue weighted by Gasteiger charge is 2.10. The molecule has 0 radical (unpaired) electrons. The van der Waals surface area contributed by atoms with Gasteiger partial charge in [-0.05, 0) is 36.8 Å². The number of halogens is 4. The van der Waals surface area contributed by atoms with E-state index in [4.69, 9.17) is 0 Å². The molecule has 0 bridgehead atoms. The lowest BCUT2D eigenvalue weighted by Gasteiger charge is -2.16. The summed E-state index contributed by atoms with van der Waals surface area (Å²) < 4.78 is 51.7. The van der Waals surface area contributed by atoms with Gasteiger partial charge in [-0.3, -0.25) is 0 Å². The molecule has 2 aromatic rings. The van der Waals surface area contributed by atoms with Crippen molar-refractivity contribution in [3.63, 3.8) is 0 Å². The molecular weight excluding hydrogens is 258 g/mol. The topological polar surface area (TPSA) is 12.0 Å². The van der Waals surface area contributed by atoms with Crippen LogP contribution in [0.1, 0.15) is 18.5 Å². The Kier molecular flexibility index (Phi) is 3.74. The van der Waals surface area contributed by atoms with Gasteiger partial charge in [0, 0.05) is 17.8 Å². The van der Waals surface area contributed by atoms with Gasteiger partial charge in [0.1, 0.15) is 0 Å². The predicted molar refractivity (Wildman–Crippen MR) is 64.8 cm³/mol. The molecule has 0 saturated heterocycles. The van der Waals surface area contributed by atoms with Crippen LogP contribution in [0.25, 0.3) is 0 Å². The number of rotatable bonds is 3. The summed E-state index contributed by atoms with van der Waals surface area (Å²) in [4.78, 5) is 0. The highest BCUT2D eigenvalue weighted by atomic mass is 19.2. The lowest BCUT2D eigenvalue weighted by atomic mass is 10.1. The molecule has 1 atom stereocenters. The lowest BCUT2D eigenvalue weighted by Crippen LogP contribution is -2.07. The fourth-order valence-electron chi connectivity index (χ4n) is 1.70. The molecule has 0 spiro atoms. The lowest BCUT2D eigenvalue weighted by molar-refractivity contribution is 0.506. The molecule has 2 rings (SSSR count). The van der Waals surface area contributed by atoms with E-state index in [0.29, 0.717) is 11.3 Å². The van der Waals surface area contributed by atoms with Gasteiger partial charge in [-0.15, -0.1) is 0 Å². The van der Waals surface area contributed by atoms with Crippen LogP contribution >= 0.6 is 0 Å². The van der Waals surface area contributed by atoms with Crippen molar-refractivity contribution < 1.29 is 17.6 Å². The Balaban J connectivity index is 2.17. The smallest absolute Gasteiger partial charge is 0.160 e. The standard InChI is InChI=1S/C14H11F4N/c1-8(9-2-4-11(15)13(17)6-9)19-10-3-5-12(16)14(18)7-10/h2-8,19H,1H3. The maximum Gasteiger partial charge on any atom is 0.160 e. The van der Waals surface area contributed by atoms with Crippen molar-refractivity contribution in [1.29, 1.82) is 0 Å². The van der Waals surface area contributed by atoms with E-state index in [-0.39, 0.29) is 6.04 Å². The Morgan fingerprint density at radius 1 is 0.789 bits per heavy atom. The molecule has 2 aromatic carbocycles. The minimum Gasteiger partial charge on any atom is -0.378 e. The minimum atomic E-state index is -0.970. The van der Waals surface area contributed by atoms with Crippen LogP contribution in [0.3, 0.4) is 0 Å². The SMILES string of the molecule is CC(Nc1ccc(F)c(F)c1)c1ccc(F)c(F)c1. The van der Waals surface area contributed by atoms with E-state index < -0.39 is 23.3 Å². The van der Waals surface area contributed by atoms with Crippen molar-refractivity contribution >= 4 is 5.69 Å². The predicted octanol–water partition coefficient (Wildman–Crippen LogP) is 4.42. The molecular formula is C14H11F4N. The molecule has 100 valence electrons. The molecule has 0 fully saturated rings. The van der Waals surface area contributed by atoms with Crippen molar-refractivity contribution in [1.82, 2.24) is 0 Å². The Morgan fingerprint density at radius 2 is 1.37 bits per heavy atom. The summed E-state index contributed by atoms with van der Waals surface area (Å²) in [5.74, 6) is -3.78. The van der Waals surface area contributed by atoms with Gasteiger partial charge in [-0.25, -0.2) is 17.6 Å². The molecule has 0 aliphatic carbocycles. The Labute approximate surface area is 107 Å². The summed E-state index contributed by atoms with van der Waals surface area (Å²) in [6.45, 7) is 1.70. The van der Waals surface area contributed by atoms with Gasteiger partial charge in [-0.2, -0.15) is 0 Å². The highest BCUT2D eigenvalue weighted by Crippen LogP contribution is 2.22. The first-order valence-electron chi connectivity index (χ1n) is 5.64. The summed E-state index contributed by atoms with van der Waals surface area (Å²) in [6.07, 6.45) is 0. The molecule has 5 heteroatoms. The first-order valence-corrected chi connectivity index (χ1v) is 5.64. The van der Waals surface area contributed by atoms with Crippen LogP contribution < -0.4 is 5.32 Å². The van der Waals surface area contributed by atoms with E-state index in [2.05, 4.69) is 5.32 Å². The quantitative estimate of drug-likeness (QED) is 0.813. The summed E-state index contributed by atoms with van der Waals surface area (Å²) >= 11 is 0. The van der Waals surface area contributed by atoms with Gasteiger partial charge < -0.3 is 5.32 Å². The van der Waals surface area contributed by atoms with Gasteiger partial charge in [-0.1, -0.05) is 6.07 Å². The van der Waals surface area contributed by atoms with Crippen LogP contribution in [0.2, 0.25) is 0 Å². The molecule has 1 unspecified atom stereocenters. The van der Waals surface area contributed by atoms with Crippen molar-refractivity contribution in [3.8, 4) is 0 Å². The number of hydrogen-bond acceptors (Lipinski definition) is 1. The Hall–Kier alpha value is -2.04. The number of hydrogen-bond donors (Lipinski definition) is 1. The molecule has 0 saturated carbocycles. The fourth-order valence-corrected chi connectivity index (χ4v) is 1.70. The van der Waals surface area contributed by atoms with Gasteiger partial charge >= 0.3 is 0 Å². The maximum absolute atomic E-state index is 13.1. The molecule has 0 aliphatic rings. The van der Waals surface area contributed by atoms with Gasteiger partial charge in [0.05, 0.1) is 0 Å². The van der Waals surface area contributed by atoms with Gasteiger partial charge in [0.15, 0.2) is 23.3 Å². The van der Waals surface area contributed by atoms with Crippen LogP contribution in [-0.4, -0.2) is 0 Å². The second-order valence-electron chi connectivity index (χ2n) is 4.17. The van der Waals surface area contributed by atoms with Crippen LogP contribution in [0.4, 0.5) is 23.2 Å². The zero-order chi connectivity index (χ0) is 14.0. The second-order valence-corrected chi connectivity index (χ2v) is 4.17. The third-order valence-corrected chi connectivity index (χ3v) is 2.75. The van der Waals surface area contributed by atoms with Crippen LogP contribution in [0.15, 0.2) is 36.4 Å². The first kappa shape index (κ1) is 13.4. The monoisotopic (exact) mass is 269 g/mol. The van der Waals surface area contributed by atoms with E-state index in [1.807, 2.05) is 0 Å². The normalized spacial score (nSPS) is 12.3. The van der Waals surface area contributed by atoms with Crippen LogP contribution in [0.5, 0.6) is 0 Å². The molecule has 0 heterocycles. The van der Waals surface area contributed by atoms with Gasteiger partial charge in [0.25, 0.3) is 0 Å². The van der Waals surface area contributed by atoms with Crippen LogP contribution in [0, 0.1) is 23.3 Å². The summed E-state index contributed by atoms with van der Waals surface area (Å²) in [5, 5.41) is 2.88. The summed E-state index contributed by atoms with van der Waals surface area (Å²) in [6, 6.07) is 6.51. The van der Waals surface area contributed by atoms with E-state index in [9.17, 15) is 17.6 Å². The molecule has 19 heavy (non-hydrogen) atoms. The molecule has 1 N–H and O–H groups in total. The summed E-state index contributed by atoms with van der Waals surface area (Å²) in [5.41, 5.74) is 0.861. The average molecular weight is 269 g/mol. The van der Waals surface area contributed by atoms with Crippen molar-refractivity contribution in [3.05, 3.63) is 65.2 Å². The van der Waals surface area contributed by atoms with Crippen molar-refractivity contribution in [2.24, 2.45) is 0 Å². The van der Waals surface area contributed by atoms with E-state index >= 15 is 0 Å². The fraction of sp³-hybridized carbons (Fsp3) is 0.143. The first-order chi connectivity index (χ1) is 8.97. The molecule has 1 nitrogen and oxygen atoms in total. The van der Waals surface area contributed by atoms with E-state index in [1.165, 1.54) is 12.1 Å². The molecule has 0 aromatic heterocycles. The number of anilines is 1. The number of benzene rings is 2. The van der Waals surface area contributed by atoms with E-state index in [1.54, 1.807) is 6.92 Å². The third kappa shape index (κ3) is 3.05. The van der Waals surface area contributed by atoms with E-state index in [0.717, 1.165) is 24.3 Å². The zero-order valence-corrected chi connectivity index (χ0v) is 10.1. The highest BCUT2D eigenvalue weighted by molar-refractivity contribution is 5.45. The van der Waals surface area contributed by atoms with Crippen molar-refractivity contribution in [2.45, 2.75) is 13.0 Å². The Bertz CT molecular complexity index is 598. The molecule has 0 amide bonds. The summed E-state index contributed by atoms with van der Waals surface area (Å²) in [7, 11) is 0. The van der Waals surface area contributed by atoms with Crippen molar-refractivity contribution in [2.75, 3.05) is 5.32 Å². The number of nitrogens with one attached hydrogen (secondary N) is 1. The minimum absolute atomic E-state index is 0.358. The average Bonchev–Trinajstić information content (AvgIpc) is 2.37. The largest absolute Gasteiger partial charge is 0.378 e. The Morgan fingerprint density at radius 3 is 1.95 bits per heavy atom.